The number of carbonyl (C=O) groups is 1. The maximum atomic E-state index is 11.6. The van der Waals surface area contributed by atoms with Gasteiger partial charge in [0.15, 0.2) is 0 Å². The van der Waals surface area contributed by atoms with Gasteiger partial charge in [-0.2, -0.15) is 0 Å². The third-order valence-corrected chi connectivity index (χ3v) is 2.99. The fraction of sp³-hybridized carbons (Fsp3) is 0.615. The lowest BCUT2D eigenvalue weighted by Gasteiger charge is -2.18. The molecule has 5 heteroatoms. The highest BCUT2D eigenvalue weighted by Gasteiger charge is 2.15. The summed E-state index contributed by atoms with van der Waals surface area (Å²) in [6, 6.07) is 0.165. The van der Waals surface area contributed by atoms with Crippen LogP contribution in [0.25, 0.3) is 0 Å². The van der Waals surface area contributed by atoms with E-state index in [0.29, 0.717) is 0 Å². The molecule has 0 fully saturated rings. The van der Waals surface area contributed by atoms with E-state index in [9.17, 15) is 4.79 Å². The molecule has 0 bridgehead atoms. The second-order valence-electron chi connectivity index (χ2n) is 4.93. The molecule has 1 amide bonds. The van der Waals surface area contributed by atoms with E-state index >= 15 is 0 Å². The quantitative estimate of drug-likeness (QED) is 0.842. The molecule has 0 aromatic carbocycles. The topological polar surface area (TPSA) is 66.9 Å². The highest BCUT2D eigenvalue weighted by Crippen LogP contribution is 2.23. The average molecular weight is 248 g/mol. The van der Waals surface area contributed by atoms with Gasteiger partial charge < -0.3 is 10.6 Å². The van der Waals surface area contributed by atoms with Gasteiger partial charge in [0.1, 0.15) is 12.1 Å². The number of fused-ring (bicyclic) bond motifs is 1. The number of hydrogen-bond acceptors (Lipinski definition) is 4. The average Bonchev–Trinajstić information content (AvgIpc) is 2.35. The fourth-order valence-corrected chi connectivity index (χ4v) is 2.21. The number of anilines is 1. The molecule has 0 aliphatic heterocycles. The molecule has 0 unspecified atom stereocenters. The number of hydrogen-bond donors (Lipinski definition) is 2. The third kappa shape index (κ3) is 3.18. The first-order chi connectivity index (χ1) is 8.66. The van der Waals surface area contributed by atoms with Crippen LogP contribution >= 0.6 is 0 Å². The van der Waals surface area contributed by atoms with Crippen LogP contribution in [0, 0.1) is 0 Å². The zero-order valence-electron chi connectivity index (χ0n) is 11.0. The summed E-state index contributed by atoms with van der Waals surface area (Å²) in [6.45, 7) is 4.16. The summed E-state index contributed by atoms with van der Waals surface area (Å²) >= 11 is 0. The minimum atomic E-state index is -0.00632. The summed E-state index contributed by atoms with van der Waals surface area (Å²) in [7, 11) is 0. The van der Waals surface area contributed by atoms with Crippen LogP contribution in [0.4, 0.5) is 5.82 Å². The Balaban J connectivity index is 1.99. The Hall–Kier alpha value is -1.65. The van der Waals surface area contributed by atoms with Crippen molar-refractivity contribution in [1.82, 2.24) is 15.3 Å². The Bertz CT molecular complexity index is 431. The Labute approximate surface area is 107 Å². The van der Waals surface area contributed by atoms with Gasteiger partial charge in [0.2, 0.25) is 5.91 Å². The summed E-state index contributed by atoms with van der Waals surface area (Å²) < 4.78 is 0. The number of nitrogens with one attached hydrogen (secondary N) is 2. The smallest absolute Gasteiger partial charge is 0.239 e. The lowest BCUT2D eigenvalue weighted by atomic mass is 9.96. The fourth-order valence-electron chi connectivity index (χ4n) is 2.21. The number of rotatable bonds is 4. The molecule has 1 aromatic rings. The van der Waals surface area contributed by atoms with Gasteiger partial charge in [0, 0.05) is 17.3 Å². The Morgan fingerprint density at radius 1 is 1.33 bits per heavy atom. The molecule has 5 nitrogen and oxygen atoms in total. The molecule has 0 atom stereocenters. The van der Waals surface area contributed by atoms with Crippen LogP contribution < -0.4 is 10.6 Å². The Morgan fingerprint density at radius 2 is 2.11 bits per heavy atom. The molecule has 0 spiro atoms. The van der Waals surface area contributed by atoms with Gasteiger partial charge in [-0.15, -0.1) is 0 Å². The predicted octanol–water partition coefficient (Wildman–Crippen LogP) is 1.29. The number of aromatic nitrogens is 2. The molecule has 1 aliphatic carbocycles. The maximum Gasteiger partial charge on any atom is 0.239 e. The van der Waals surface area contributed by atoms with Crippen LogP contribution in [-0.4, -0.2) is 28.5 Å². The van der Waals surface area contributed by atoms with E-state index in [4.69, 9.17) is 0 Å². The van der Waals surface area contributed by atoms with Gasteiger partial charge >= 0.3 is 0 Å². The normalized spacial score (nSPS) is 14.2. The van der Waals surface area contributed by atoms with E-state index in [2.05, 4.69) is 20.6 Å². The lowest BCUT2D eigenvalue weighted by Crippen LogP contribution is -2.35. The van der Waals surface area contributed by atoms with E-state index in [1.165, 1.54) is 18.4 Å². The van der Waals surface area contributed by atoms with Crippen LogP contribution in [0.15, 0.2) is 6.33 Å². The molecular weight excluding hydrogens is 228 g/mol. The summed E-state index contributed by atoms with van der Waals surface area (Å²) in [5, 5.41) is 5.96. The monoisotopic (exact) mass is 248 g/mol. The minimum absolute atomic E-state index is 0.00632. The van der Waals surface area contributed by atoms with Gasteiger partial charge in [-0.1, -0.05) is 0 Å². The van der Waals surface area contributed by atoms with Crippen LogP contribution in [0.2, 0.25) is 0 Å². The molecule has 98 valence electrons. The summed E-state index contributed by atoms with van der Waals surface area (Å²) in [5.41, 5.74) is 2.31. The number of nitrogens with zero attached hydrogens (tertiary/aromatic N) is 2. The van der Waals surface area contributed by atoms with E-state index in [-0.39, 0.29) is 18.5 Å². The SMILES string of the molecule is CC(C)NC(=O)CNc1ncnc2c1CCCC2. The highest BCUT2D eigenvalue weighted by atomic mass is 16.1. The first-order valence-electron chi connectivity index (χ1n) is 6.53. The maximum absolute atomic E-state index is 11.6. The van der Waals surface area contributed by atoms with Crippen molar-refractivity contribution in [2.24, 2.45) is 0 Å². The van der Waals surface area contributed by atoms with Gasteiger partial charge in [-0.25, -0.2) is 9.97 Å². The van der Waals surface area contributed by atoms with Crippen molar-refractivity contribution in [2.75, 3.05) is 11.9 Å². The second kappa shape index (κ2) is 5.80. The summed E-state index contributed by atoms with van der Waals surface area (Å²) in [4.78, 5) is 20.1. The minimum Gasteiger partial charge on any atom is -0.361 e. The van der Waals surface area contributed by atoms with E-state index in [1.54, 1.807) is 6.33 Å². The van der Waals surface area contributed by atoms with Crippen molar-refractivity contribution in [3.8, 4) is 0 Å². The van der Waals surface area contributed by atoms with E-state index in [1.807, 2.05) is 13.8 Å². The van der Waals surface area contributed by atoms with Crippen molar-refractivity contribution < 1.29 is 4.79 Å². The number of amides is 1. The molecule has 2 rings (SSSR count). The van der Waals surface area contributed by atoms with Crippen molar-refractivity contribution in [3.05, 3.63) is 17.6 Å². The highest BCUT2D eigenvalue weighted by molar-refractivity contribution is 5.80. The van der Waals surface area contributed by atoms with Crippen LogP contribution in [0.1, 0.15) is 37.9 Å². The molecule has 1 aliphatic rings. The Kier molecular flexibility index (Phi) is 4.12. The van der Waals surface area contributed by atoms with Crippen LogP contribution in [0.5, 0.6) is 0 Å². The lowest BCUT2D eigenvalue weighted by molar-refractivity contribution is -0.119. The van der Waals surface area contributed by atoms with Gasteiger partial charge in [0.25, 0.3) is 0 Å². The van der Waals surface area contributed by atoms with Crippen molar-refractivity contribution in [1.29, 1.82) is 0 Å². The summed E-state index contributed by atoms with van der Waals surface area (Å²) in [6.07, 6.45) is 5.96. The second-order valence-corrected chi connectivity index (χ2v) is 4.93. The predicted molar refractivity (Wildman–Crippen MR) is 70.4 cm³/mol. The molecule has 1 heterocycles. The van der Waals surface area contributed by atoms with Gasteiger partial charge in [0.05, 0.1) is 6.54 Å². The third-order valence-electron chi connectivity index (χ3n) is 2.99. The first kappa shape index (κ1) is 12.8. The molecule has 0 radical (unpaired) electrons. The van der Waals surface area contributed by atoms with Gasteiger partial charge in [-0.05, 0) is 39.5 Å². The number of aryl methyl sites for hydroxylation is 1. The molecule has 1 aromatic heterocycles. The number of carbonyl (C=O) groups excluding carboxylic acids is 1. The molecular formula is C13H20N4O. The van der Waals surface area contributed by atoms with Crippen molar-refractivity contribution in [3.63, 3.8) is 0 Å². The largest absolute Gasteiger partial charge is 0.361 e. The standard InChI is InChI=1S/C13H20N4O/c1-9(2)17-12(18)7-14-13-10-5-3-4-6-11(10)15-8-16-13/h8-9H,3-7H2,1-2H3,(H,17,18)(H,14,15,16). The van der Waals surface area contributed by atoms with Crippen molar-refractivity contribution in [2.45, 2.75) is 45.6 Å². The molecule has 0 saturated carbocycles. The van der Waals surface area contributed by atoms with Crippen molar-refractivity contribution >= 4 is 11.7 Å². The molecule has 2 N–H and O–H groups in total. The molecule has 18 heavy (non-hydrogen) atoms. The van der Waals surface area contributed by atoms with E-state index in [0.717, 1.165) is 24.4 Å². The van der Waals surface area contributed by atoms with E-state index < -0.39 is 0 Å². The van der Waals surface area contributed by atoms with Gasteiger partial charge in [-0.3, -0.25) is 4.79 Å². The molecule has 0 saturated heterocycles. The van der Waals surface area contributed by atoms with Crippen LogP contribution in [-0.2, 0) is 17.6 Å². The zero-order valence-corrected chi connectivity index (χ0v) is 11.0. The zero-order chi connectivity index (χ0) is 13.0. The summed E-state index contributed by atoms with van der Waals surface area (Å²) in [5.74, 6) is 0.812. The Morgan fingerprint density at radius 3 is 2.89 bits per heavy atom. The van der Waals surface area contributed by atoms with Crippen LogP contribution in [0.3, 0.4) is 0 Å². The first-order valence-corrected chi connectivity index (χ1v) is 6.53.